The zero-order valence-electron chi connectivity index (χ0n) is 19.7. The van der Waals surface area contributed by atoms with Crippen LogP contribution >= 0.6 is 46.5 Å². The number of rotatable bonds is 10. The molecule has 0 radical (unpaired) electrons. The number of aromatic nitrogens is 2. The van der Waals surface area contributed by atoms with E-state index in [9.17, 15) is 24.7 Å². The number of ether oxygens (including phenoxy) is 1. The Balaban J connectivity index is 1.51. The second-order valence-corrected chi connectivity index (χ2v) is 12.0. The molecule has 3 atom stereocenters. The maximum atomic E-state index is 13.0. The number of hydrogen-bond acceptors (Lipinski definition) is 13. The Morgan fingerprint density at radius 1 is 1.47 bits per heavy atom. The predicted octanol–water partition coefficient (Wildman–Crippen LogP) is 1.30. The monoisotopic (exact) mass is 599 g/mol. The molecule has 4 heterocycles. The molecule has 1 fully saturated rings. The number of carboxylic acids is 1. The van der Waals surface area contributed by atoms with Crippen molar-refractivity contribution in [3.8, 4) is 0 Å². The number of carbonyl (C=O) groups is 3. The average molecular weight is 600 g/mol. The first kappa shape index (κ1) is 28.1. The maximum absolute atomic E-state index is 13.0. The van der Waals surface area contributed by atoms with Crippen LogP contribution in [0.15, 0.2) is 39.1 Å². The van der Waals surface area contributed by atoms with Gasteiger partial charge in [0.2, 0.25) is 0 Å². The van der Waals surface area contributed by atoms with Crippen LogP contribution < -0.4 is 16.8 Å². The van der Waals surface area contributed by atoms with Gasteiger partial charge in [-0.15, -0.1) is 11.8 Å². The fraction of sp³-hybridized carbons (Fsp3) is 0.333. The highest BCUT2D eigenvalue weighted by molar-refractivity contribution is 8.06. The molecule has 1 unspecified atom stereocenters. The number of carbonyl (C=O) groups excluding carboxylic acids is 2. The van der Waals surface area contributed by atoms with Crippen LogP contribution in [0.1, 0.15) is 18.2 Å². The minimum absolute atomic E-state index is 0.0373. The fourth-order valence-corrected chi connectivity index (χ4v) is 7.13. The molecule has 2 aromatic heterocycles. The van der Waals surface area contributed by atoms with E-state index >= 15 is 0 Å². The molecule has 1 saturated heterocycles. The van der Waals surface area contributed by atoms with E-state index in [1.807, 2.05) is 6.92 Å². The number of oxime groups is 1. The highest BCUT2D eigenvalue weighted by atomic mass is 35.5. The standard InChI is InChI=1S/C21H22ClN7O6S3/c1-8(23)5-35-6-9-4-25-3-2-10(9)37-11-7-36-19-14(18(31)29(19)15(11)20(32)33)26-17(30)13(28-34)12-16(22)38-21(24)27-12/h2-4,8,14,19,34H,5-7,23H2,1H3,(H2,24,27)(H,26,30)(H,32,33)/b28-13-/t8?,14-,19-/m1/s1. The lowest BCUT2D eigenvalue weighted by Crippen LogP contribution is -2.71. The van der Waals surface area contributed by atoms with E-state index in [0.29, 0.717) is 11.5 Å². The minimum atomic E-state index is -1.28. The summed E-state index contributed by atoms with van der Waals surface area (Å²) < 4.78 is 5.64. The number of hydrogen-bond donors (Lipinski definition) is 5. The summed E-state index contributed by atoms with van der Waals surface area (Å²) in [6.45, 7) is 2.41. The van der Waals surface area contributed by atoms with Gasteiger partial charge < -0.3 is 31.8 Å². The lowest BCUT2D eigenvalue weighted by Gasteiger charge is -2.49. The highest BCUT2D eigenvalue weighted by Gasteiger charge is 2.54. The Morgan fingerprint density at radius 2 is 2.24 bits per heavy atom. The molecule has 38 heavy (non-hydrogen) atoms. The molecule has 2 amide bonds. The minimum Gasteiger partial charge on any atom is -0.477 e. The van der Waals surface area contributed by atoms with Crippen LogP contribution in [0.5, 0.6) is 0 Å². The Hall–Kier alpha value is -2.89. The number of nitrogens with zero attached hydrogens (tertiary/aromatic N) is 4. The van der Waals surface area contributed by atoms with Gasteiger partial charge in [-0.1, -0.05) is 39.9 Å². The van der Waals surface area contributed by atoms with E-state index in [-0.39, 0.29) is 39.3 Å². The van der Waals surface area contributed by atoms with Crippen LogP contribution in [0, 0.1) is 0 Å². The van der Waals surface area contributed by atoms with Gasteiger partial charge in [0.1, 0.15) is 27.1 Å². The highest BCUT2D eigenvalue weighted by Crippen LogP contribution is 2.45. The molecule has 0 saturated carbocycles. The number of aliphatic carboxylic acids is 1. The molecular formula is C21H22ClN7O6S3. The van der Waals surface area contributed by atoms with Crippen molar-refractivity contribution in [1.29, 1.82) is 0 Å². The second kappa shape index (κ2) is 11.9. The summed E-state index contributed by atoms with van der Waals surface area (Å²) in [5, 5.41) is 24.2. The van der Waals surface area contributed by atoms with Gasteiger partial charge in [0.05, 0.1) is 13.2 Å². The molecule has 2 aliphatic heterocycles. The fourth-order valence-electron chi connectivity index (χ4n) is 3.65. The Morgan fingerprint density at radius 3 is 2.87 bits per heavy atom. The van der Waals surface area contributed by atoms with E-state index in [1.165, 1.54) is 23.5 Å². The van der Waals surface area contributed by atoms with E-state index < -0.39 is 34.9 Å². The summed E-state index contributed by atoms with van der Waals surface area (Å²) >= 11 is 9.40. The number of nitrogens with one attached hydrogen (secondary N) is 1. The van der Waals surface area contributed by atoms with Crippen LogP contribution in [-0.2, 0) is 25.7 Å². The van der Waals surface area contributed by atoms with Gasteiger partial charge in [-0.05, 0) is 13.0 Å². The Kier molecular flexibility index (Phi) is 8.79. The topological polar surface area (TPSA) is 206 Å². The molecule has 0 bridgehead atoms. The first-order chi connectivity index (χ1) is 18.1. The molecule has 17 heteroatoms. The van der Waals surface area contributed by atoms with Crippen molar-refractivity contribution in [2.24, 2.45) is 10.9 Å². The number of pyridine rings is 1. The summed E-state index contributed by atoms with van der Waals surface area (Å²) in [7, 11) is 0. The number of thiazole rings is 1. The molecule has 7 N–H and O–H groups in total. The van der Waals surface area contributed by atoms with Crippen molar-refractivity contribution in [3.05, 3.63) is 44.7 Å². The van der Waals surface area contributed by atoms with Crippen LogP contribution in [-0.4, -0.2) is 78.5 Å². The second-order valence-electron chi connectivity index (χ2n) is 8.14. The lowest BCUT2D eigenvalue weighted by molar-refractivity contribution is -0.150. The third-order valence-electron chi connectivity index (χ3n) is 5.29. The average Bonchev–Trinajstić information content (AvgIpc) is 3.20. The number of amides is 2. The van der Waals surface area contributed by atoms with Gasteiger partial charge in [-0.3, -0.25) is 19.5 Å². The molecule has 13 nitrogen and oxygen atoms in total. The number of halogens is 1. The maximum Gasteiger partial charge on any atom is 0.353 e. The molecule has 0 spiro atoms. The summed E-state index contributed by atoms with van der Waals surface area (Å²) in [4.78, 5) is 48.3. The van der Waals surface area contributed by atoms with Crippen LogP contribution in [0.4, 0.5) is 5.13 Å². The summed E-state index contributed by atoms with van der Waals surface area (Å²) in [5.41, 5.74) is 11.3. The van der Waals surface area contributed by atoms with Gasteiger partial charge in [-0.2, -0.15) is 0 Å². The number of β-lactam (4-membered cyclic amide) rings is 1. The largest absolute Gasteiger partial charge is 0.477 e. The van der Waals surface area contributed by atoms with Gasteiger partial charge in [0, 0.05) is 39.6 Å². The SMILES string of the molecule is CC(N)COCc1cnccc1SC1=C(C(=O)O)N2C(=O)[C@@H](NC(=O)/C(=N\O)c3nc(N)sc3Cl)[C@H]2SC1. The van der Waals surface area contributed by atoms with Gasteiger partial charge in [0.15, 0.2) is 10.8 Å². The van der Waals surface area contributed by atoms with E-state index in [4.69, 9.17) is 27.8 Å². The van der Waals surface area contributed by atoms with Gasteiger partial charge >= 0.3 is 5.97 Å². The quantitative estimate of drug-likeness (QED) is 0.113. The van der Waals surface area contributed by atoms with Crippen molar-refractivity contribution in [1.82, 2.24) is 20.2 Å². The Bertz CT molecular complexity index is 1330. The molecule has 2 aliphatic rings. The normalized spacial score (nSPS) is 20.1. The van der Waals surface area contributed by atoms with E-state index in [1.54, 1.807) is 18.5 Å². The predicted molar refractivity (Wildman–Crippen MR) is 143 cm³/mol. The van der Waals surface area contributed by atoms with Crippen LogP contribution in [0.2, 0.25) is 4.34 Å². The Labute approximate surface area is 233 Å². The van der Waals surface area contributed by atoms with Crippen molar-refractivity contribution in [2.75, 3.05) is 18.1 Å². The van der Waals surface area contributed by atoms with Gasteiger partial charge in [-0.25, -0.2) is 9.78 Å². The van der Waals surface area contributed by atoms with E-state index in [2.05, 4.69) is 20.4 Å². The number of nitrogens with two attached hydrogens (primary N) is 2. The third kappa shape index (κ3) is 5.74. The van der Waals surface area contributed by atoms with Crippen molar-refractivity contribution < 1.29 is 29.4 Å². The molecule has 0 aliphatic carbocycles. The number of carboxylic acid groups (broad SMARTS) is 1. The number of fused-ring (bicyclic) bond motifs is 1. The van der Waals surface area contributed by atoms with Crippen molar-refractivity contribution in [2.45, 2.75) is 35.9 Å². The van der Waals surface area contributed by atoms with Crippen LogP contribution in [0.25, 0.3) is 0 Å². The zero-order chi connectivity index (χ0) is 27.6. The molecular weight excluding hydrogens is 578 g/mol. The summed E-state index contributed by atoms with van der Waals surface area (Å²) in [5.74, 6) is -2.54. The lowest BCUT2D eigenvalue weighted by atomic mass is 10.0. The van der Waals surface area contributed by atoms with Crippen molar-refractivity contribution in [3.63, 3.8) is 0 Å². The summed E-state index contributed by atoms with van der Waals surface area (Å²) in [6.07, 6.45) is 3.21. The zero-order valence-corrected chi connectivity index (χ0v) is 22.9. The smallest absolute Gasteiger partial charge is 0.353 e. The first-order valence-corrected chi connectivity index (χ1v) is 14.0. The number of anilines is 1. The number of nitrogen functional groups attached to an aromatic ring is 1. The van der Waals surface area contributed by atoms with Crippen molar-refractivity contribution >= 4 is 75.1 Å². The third-order valence-corrected chi connectivity index (χ3v) is 9.04. The van der Waals surface area contributed by atoms with Crippen LogP contribution in [0.3, 0.4) is 0 Å². The first-order valence-electron chi connectivity index (χ1n) is 10.9. The summed E-state index contributed by atoms with van der Waals surface area (Å²) in [6, 6.07) is 0.548. The van der Waals surface area contributed by atoms with E-state index in [0.717, 1.165) is 26.7 Å². The molecule has 0 aromatic carbocycles. The molecule has 202 valence electrons. The molecule has 2 aromatic rings. The molecule has 4 rings (SSSR count). The number of thioether (sulfide) groups is 2. The van der Waals surface area contributed by atoms with Gasteiger partial charge in [0.25, 0.3) is 11.8 Å².